The quantitative estimate of drug-likeness (QED) is 0.735. The highest BCUT2D eigenvalue weighted by Gasteiger charge is 2.45. The molecule has 3 rings (SSSR count). The molecule has 1 saturated carbocycles. The third kappa shape index (κ3) is 5.59. The van der Waals surface area contributed by atoms with Gasteiger partial charge in [0.2, 0.25) is 0 Å². The Kier molecular flexibility index (Phi) is 6.96. The number of benzene rings is 1. The van der Waals surface area contributed by atoms with Crippen LogP contribution in [0.3, 0.4) is 0 Å². The molecule has 2 fully saturated rings. The molecule has 0 radical (unpaired) electrons. The summed E-state index contributed by atoms with van der Waals surface area (Å²) in [7, 11) is 0. The second-order valence-electron chi connectivity index (χ2n) is 7.53. The highest BCUT2D eigenvalue weighted by Crippen LogP contribution is 2.42. The average molecular weight is 377 g/mol. The van der Waals surface area contributed by atoms with Crippen molar-refractivity contribution in [1.82, 2.24) is 5.32 Å². The van der Waals surface area contributed by atoms with E-state index in [9.17, 15) is 4.79 Å². The van der Waals surface area contributed by atoms with Gasteiger partial charge in [-0.25, -0.2) is 4.79 Å². The molecule has 1 unspecified atom stereocenters. The molecule has 6 heteroatoms. The fraction of sp³-hybridized carbons (Fsp3) is 0.667. The van der Waals surface area contributed by atoms with E-state index in [1.54, 1.807) is 0 Å². The summed E-state index contributed by atoms with van der Waals surface area (Å²) >= 11 is 0. The lowest BCUT2D eigenvalue weighted by molar-refractivity contribution is -0.212. The molecular formula is C21H31NO5. The van der Waals surface area contributed by atoms with Gasteiger partial charge in [-0.05, 0) is 50.8 Å². The predicted octanol–water partition coefficient (Wildman–Crippen LogP) is 3.68. The van der Waals surface area contributed by atoms with E-state index in [4.69, 9.17) is 18.9 Å². The Labute approximate surface area is 161 Å². The topological polar surface area (TPSA) is 66.0 Å². The Hall–Kier alpha value is -1.79. The molecule has 1 saturated heterocycles. The number of rotatable bonds is 7. The fourth-order valence-electron chi connectivity index (χ4n) is 3.88. The maximum Gasteiger partial charge on any atom is 0.407 e. The highest BCUT2D eigenvalue weighted by molar-refractivity contribution is 5.67. The van der Waals surface area contributed by atoms with Gasteiger partial charge < -0.3 is 24.3 Å². The molecule has 0 bridgehead atoms. The Bertz CT molecular complexity index is 595. The van der Waals surface area contributed by atoms with E-state index in [2.05, 4.69) is 17.4 Å². The molecule has 1 spiro atoms. The normalized spacial score (nSPS) is 21.4. The average Bonchev–Trinajstić information content (AvgIpc) is 3.11. The third-order valence-electron chi connectivity index (χ3n) is 5.11. The number of hydrogen-bond acceptors (Lipinski definition) is 5. The summed E-state index contributed by atoms with van der Waals surface area (Å²) in [6.07, 6.45) is 5.00. The molecule has 1 aromatic carbocycles. The van der Waals surface area contributed by atoms with Crippen LogP contribution in [0.2, 0.25) is 0 Å². The van der Waals surface area contributed by atoms with Crippen molar-refractivity contribution in [3.63, 3.8) is 0 Å². The number of hydrogen-bond donors (Lipinski definition) is 1. The van der Waals surface area contributed by atoms with E-state index in [1.165, 1.54) is 18.4 Å². The van der Waals surface area contributed by atoms with Gasteiger partial charge in [-0.2, -0.15) is 0 Å². The number of carbonyl (C=O) groups is 1. The minimum atomic E-state index is -0.415. The largest absolute Gasteiger partial charge is 0.492 e. The van der Waals surface area contributed by atoms with Gasteiger partial charge in [-0.15, -0.1) is 0 Å². The Morgan fingerprint density at radius 2 is 1.96 bits per heavy atom. The zero-order valence-electron chi connectivity index (χ0n) is 16.4. The van der Waals surface area contributed by atoms with E-state index in [0.717, 1.165) is 25.0 Å². The van der Waals surface area contributed by atoms with Crippen LogP contribution in [-0.4, -0.2) is 44.3 Å². The summed E-state index contributed by atoms with van der Waals surface area (Å²) in [6, 6.07) is 8.17. The van der Waals surface area contributed by atoms with Crippen LogP contribution in [0.25, 0.3) is 0 Å². The Balaban J connectivity index is 1.44. The number of alkyl carbamates (subject to hydrolysis) is 1. The smallest absolute Gasteiger partial charge is 0.407 e. The third-order valence-corrected chi connectivity index (χ3v) is 5.11. The lowest BCUT2D eigenvalue weighted by atomic mass is 9.79. The summed E-state index contributed by atoms with van der Waals surface area (Å²) in [5.41, 5.74) is 1.27. The van der Waals surface area contributed by atoms with Gasteiger partial charge in [-0.1, -0.05) is 18.6 Å². The van der Waals surface area contributed by atoms with Crippen molar-refractivity contribution in [3.8, 4) is 5.75 Å². The summed E-state index contributed by atoms with van der Waals surface area (Å²) < 4.78 is 22.7. The minimum Gasteiger partial charge on any atom is -0.492 e. The van der Waals surface area contributed by atoms with Gasteiger partial charge in [0.1, 0.15) is 12.4 Å². The van der Waals surface area contributed by atoms with E-state index < -0.39 is 6.09 Å². The molecule has 1 aliphatic heterocycles. The first-order valence-electron chi connectivity index (χ1n) is 10.0. The summed E-state index contributed by atoms with van der Waals surface area (Å²) in [6.45, 7) is 5.87. The summed E-state index contributed by atoms with van der Waals surface area (Å²) in [5.74, 6) is 0.852. The number of nitrogens with one attached hydrogen (secondary N) is 1. The fourth-order valence-corrected chi connectivity index (χ4v) is 3.88. The van der Waals surface area contributed by atoms with Crippen molar-refractivity contribution >= 4 is 6.09 Å². The second kappa shape index (κ2) is 9.42. The van der Waals surface area contributed by atoms with Crippen LogP contribution < -0.4 is 10.1 Å². The Morgan fingerprint density at radius 3 is 2.67 bits per heavy atom. The number of amides is 1. The van der Waals surface area contributed by atoms with Crippen LogP contribution in [-0.2, 0) is 20.6 Å². The zero-order chi connectivity index (χ0) is 19.1. The molecular weight excluding hydrogens is 346 g/mol. The highest BCUT2D eigenvalue weighted by atomic mass is 16.7. The molecule has 0 aromatic heterocycles. The molecule has 1 aromatic rings. The molecule has 1 N–H and O–H groups in total. The van der Waals surface area contributed by atoms with Crippen molar-refractivity contribution in [1.29, 1.82) is 0 Å². The first-order valence-corrected chi connectivity index (χ1v) is 10.0. The van der Waals surface area contributed by atoms with Crippen LogP contribution in [0.4, 0.5) is 4.79 Å². The lowest BCUT2D eigenvalue weighted by Crippen LogP contribution is -2.42. The van der Waals surface area contributed by atoms with Crippen molar-refractivity contribution in [2.24, 2.45) is 5.92 Å². The maximum absolute atomic E-state index is 11.4. The summed E-state index contributed by atoms with van der Waals surface area (Å²) in [4.78, 5) is 11.4. The van der Waals surface area contributed by atoms with E-state index in [0.29, 0.717) is 32.3 Å². The molecule has 2 aliphatic rings. The van der Waals surface area contributed by atoms with Crippen LogP contribution in [0, 0.1) is 5.92 Å². The van der Waals surface area contributed by atoms with Crippen LogP contribution >= 0.6 is 0 Å². The van der Waals surface area contributed by atoms with Crippen molar-refractivity contribution in [2.45, 2.75) is 57.8 Å². The molecule has 150 valence electrons. The van der Waals surface area contributed by atoms with Crippen molar-refractivity contribution < 1.29 is 23.7 Å². The molecule has 6 nitrogen and oxygen atoms in total. The zero-order valence-corrected chi connectivity index (χ0v) is 16.4. The first kappa shape index (κ1) is 20.0. The SMILES string of the molecule is CC(C)OC(=O)NCCOc1ccc(CC2CCCCC23OCCO3)cc1. The molecule has 1 aliphatic carbocycles. The van der Waals surface area contributed by atoms with Crippen LogP contribution in [0.5, 0.6) is 5.75 Å². The molecule has 1 heterocycles. The van der Waals surface area contributed by atoms with E-state index >= 15 is 0 Å². The van der Waals surface area contributed by atoms with Crippen LogP contribution in [0.15, 0.2) is 24.3 Å². The number of carbonyl (C=O) groups excluding carboxylic acids is 1. The predicted molar refractivity (Wildman–Crippen MR) is 102 cm³/mol. The van der Waals surface area contributed by atoms with Crippen molar-refractivity contribution in [2.75, 3.05) is 26.4 Å². The standard InChI is InChI=1S/C21H31NO5/c1-16(2)27-20(23)22-11-12-24-19-8-6-17(7-9-19)15-18-5-3-4-10-21(18)25-13-14-26-21/h6-9,16,18H,3-5,10-15H2,1-2H3,(H,22,23). The summed E-state index contributed by atoms with van der Waals surface area (Å²) in [5, 5.41) is 2.66. The maximum atomic E-state index is 11.4. The van der Waals surface area contributed by atoms with Gasteiger partial charge in [-0.3, -0.25) is 0 Å². The van der Waals surface area contributed by atoms with E-state index in [-0.39, 0.29) is 11.9 Å². The van der Waals surface area contributed by atoms with Gasteiger partial charge in [0.25, 0.3) is 0 Å². The first-order chi connectivity index (χ1) is 13.1. The van der Waals surface area contributed by atoms with Gasteiger partial charge in [0.15, 0.2) is 5.79 Å². The van der Waals surface area contributed by atoms with Gasteiger partial charge in [0.05, 0.1) is 25.9 Å². The van der Waals surface area contributed by atoms with Crippen LogP contribution in [0.1, 0.15) is 45.1 Å². The number of ether oxygens (including phenoxy) is 4. The Morgan fingerprint density at radius 1 is 1.22 bits per heavy atom. The van der Waals surface area contributed by atoms with Gasteiger partial charge in [0, 0.05) is 12.3 Å². The van der Waals surface area contributed by atoms with Crippen molar-refractivity contribution in [3.05, 3.63) is 29.8 Å². The minimum absolute atomic E-state index is 0.123. The molecule has 1 atom stereocenters. The van der Waals surface area contributed by atoms with E-state index in [1.807, 2.05) is 26.0 Å². The molecule has 27 heavy (non-hydrogen) atoms. The second-order valence-corrected chi connectivity index (χ2v) is 7.53. The lowest BCUT2D eigenvalue weighted by Gasteiger charge is -2.39. The molecule has 1 amide bonds. The monoisotopic (exact) mass is 377 g/mol. The van der Waals surface area contributed by atoms with Gasteiger partial charge >= 0.3 is 6.09 Å².